The average molecular weight is 373 g/mol. The van der Waals surface area contributed by atoms with Crippen molar-refractivity contribution in [3.8, 4) is 17.1 Å². The fourth-order valence-corrected chi connectivity index (χ4v) is 2.39. The Balaban J connectivity index is 1.72. The molecule has 0 amide bonds. The van der Waals surface area contributed by atoms with Gasteiger partial charge in [0.15, 0.2) is 12.9 Å². The van der Waals surface area contributed by atoms with E-state index in [1.54, 1.807) is 18.2 Å². The van der Waals surface area contributed by atoms with Gasteiger partial charge in [0.2, 0.25) is 5.82 Å². The zero-order chi connectivity index (χ0) is 16.2. The van der Waals surface area contributed by atoms with Crippen LogP contribution in [0.2, 0.25) is 0 Å². The van der Waals surface area contributed by atoms with Crippen LogP contribution in [0.25, 0.3) is 11.4 Å². The number of carbonyl (C=O) groups is 1. The molecule has 6 heteroatoms. The highest BCUT2D eigenvalue weighted by molar-refractivity contribution is 9.10. The van der Waals surface area contributed by atoms with E-state index in [4.69, 9.17) is 9.26 Å². The lowest BCUT2D eigenvalue weighted by molar-refractivity contribution is 0.111. The summed E-state index contributed by atoms with van der Waals surface area (Å²) in [5.41, 5.74) is 2.50. The number of nitrogens with zero attached hydrogens (tertiary/aromatic N) is 2. The van der Waals surface area contributed by atoms with E-state index in [-0.39, 0.29) is 6.61 Å². The molecule has 3 aromatic rings. The molecule has 0 saturated carbocycles. The fourth-order valence-electron chi connectivity index (χ4n) is 2.02. The van der Waals surface area contributed by atoms with Crippen molar-refractivity contribution in [2.75, 3.05) is 0 Å². The summed E-state index contributed by atoms with van der Waals surface area (Å²) in [5.74, 6) is 1.33. The molecule has 0 saturated heterocycles. The van der Waals surface area contributed by atoms with Gasteiger partial charge in [0.05, 0.1) is 5.56 Å². The lowest BCUT2D eigenvalue weighted by atomic mass is 10.1. The van der Waals surface area contributed by atoms with Crippen LogP contribution >= 0.6 is 15.9 Å². The molecule has 5 nitrogen and oxygen atoms in total. The van der Waals surface area contributed by atoms with Gasteiger partial charge in [-0.15, -0.1) is 0 Å². The zero-order valence-electron chi connectivity index (χ0n) is 12.3. The minimum Gasteiger partial charge on any atom is -0.483 e. The topological polar surface area (TPSA) is 65.2 Å². The van der Waals surface area contributed by atoms with Crippen molar-refractivity contribution in [2.45, 2.75) is 13.5 Å². The summed E-state index contributed by atoms with van der Waals surface area (Å²) in [5, 5.41) is 3.94. The van der Waals surface area contributed by atoms with Crippen molar-refractivity contribution >= 4 is 22.2 Å². The van der Waals surface area contributed by atoms with Crippen LogP contribution in [-0.2, 0) is 6.61 Å². The molecule has 0 radical (unpaired) electrons. The number of aryl methyl sites for hydroxylation is 1. The van der Waals surface area contributed by atoms with Crippen molar-refractivity contribution in [3.05, 3.63) is 64.0 Å². The first kappa shape index (κ1) is 15.4. The van der Waals surface area contributed by atoms with E-state index in [9.17, 15) is 4.79 Å². The summed E-state index contributed by atoms with van der Waals surface area (Å²) >= 11 is 3.31. The molecule has 0 aliphatic carbocycles. The monoisotopic (exact) mass is 372 g/mol. The van der Waals surface area contributed by atoms with Gasteiger partial charge >= 0.3 is 0 Å². The molecule has 0 aliphatic rings. The Morgan fingerprint density at radius 2 is 2.00 bits per heavy atom. The minimum atomic E-state index is 0.0985. The first-order valence-corrected chi connectivity index (χ1v) is 7.72. The molecule has 116 valence electrons. The normalized spacial score (nSPS) is 10.5. The SMILES string of the molecule is Cc1ccc(-c2noc(COc3ccc(Br)cc3C=O)n2)cc1. The van der Waals surface area contributed by atoms with E-state index in [0.29, 0.717) is 23.0 Å². The maximum atomic E-state index is 11.1. The molecule has 0 unspecified atom stereocenters. The molecule has 0 atom stereocenters. The first-order valence-electron chi connectivity index (χ1n) is 6.93. The Labute approximate surface area is 141 Å². The predicted molar refractivity (Wildman–Crippen MR) is 88.3 cm³/mol. The maximum Gasteiger partial charge on any atom is 0.264 e. The van der Waals surface area contributed by atoms with Crippen LogP contribution in [-0.4, -0.2) is 16.4 Å². The van der Waals surface area contributed by atoms with Gasteiger partial charge in [0, 0.05) is 10.0 Å². The Morgan fingerprint density at radius 3 is 2.74 bits per heavy atom. The summed E-state index contributed by atoms with van der Waals surface area (Å²) in [4.78, 5) is 15.4. The Kier molecular flexibility index (Phi) is 4.52. The van der Waals surface area contributed by atoms with Crippen molar-refractivity contribution in [1.29, 1.82) is 0 Å². The van der Waals surface area contributed by atoms with Crippen LogP contribution in [0.1, 0.15) is 21.8 Å². The predicted octanol–water partition coefficient (Wildman–Crippen LogP) is 4.20. The van der Waals surface area contributed by atoms with Gasteiger partial charge in [-0.2, -0.15) is 4.98 Å². The molecular weight excluding hydrogens is 360 g/mol. The highest BCUT2D eigenvalue weighted by Gasteiger charge is 2.10. The highest BCUT2D eigenvalue weighted by Crippen LogP contribution is 2.23. The molecule has 0 spiro atoms. The molecule has 23 heavy (non-hydrogen) atoms. The summed E-state index contributed by atoms with van der Waals surface area (Å²) < 4.78 is 11.6. The molecule has 3 rings (SSSR count). The van der Waals surface area contributed by atoms with E-state index in [0.717, 1.165) is 21.9 Å². The Morgan fingerprint density at radius 1 is 1.22 bits per heavy atom. The number of ether oxygens (including phenoxy) is 1. The van der Waals surface area contributed by atoms with Crippen LogP contribution in [0.5, 0.6) is 5.75 Å². The molecule has 1 heterocycles. The number of rotatable bonds is 5. The second-order valence-corrected chi connectivity index (χ2v) is 5.88. The molecule has 0 bridgehead atoms. The van der Waals surface area contributed by atoms with Crippen LogP contribution in [0.3, 0.4) is 0 Å². The summed E-state index contributed by atoms with van der Waals surface area (Å²) in [6.07, 6.45) is 0.742. The van der Waals surface area contributed by atoms with Crippen LogP contribution in [0, 0.1) is 6.92 Å². The first-order chi connectivity index (χ1) is 11.2. The highest BCUT2D eigenvalue weighted by atomic mass is 79.9. The van der Waals surface area contributed by atoms with Gasteiger partial charge in [0.25, 0.3) is 5.89 Å². The van der Waals surface area contributed by atoms with Crippen LogP contribution < -0.4 is 4.74 Å². The van der Waals surface area contributed by atoms with Crippen LogP contribution in [0.4, 0.5) is 0 Å². The van der Waals surface area contributed by atoms with Gasteiger partial charge < -0.3 is 9.26 Å². The van der Waals surface area contributed by atoms with Crippen molar-refractivity contribution in [3.63, 3.8) is 0 Å². The van der Waals surface area contributed by atoms with Gasteiger partial charge in [-0.25, -0.2) is 0 Å². The average Bonchev–Trinajstić information content (AvgIpc) is 3.03. The maximum absolute atomic E-state index is 11.1. The van der Waals surface area contributed by atoms with E-state index in [1.807, 2.05) is 31.2 Å². The second-order valence-electron chi connectivity index (χ2n) is 4.97. The number of hydrogen-bond acceptors (Lipinski definition) is 5. The third-order valence-corrected chi connectivity index (χ3v) is 3.72. The van der Waals surface area contributed by atoms with E-state index in [2.05, 4.69) is 26.1 Å². The van der Waals surface area contributed by atoms with Gasteiger partial charge in [0.1, 0.15) is 5.75 Å². The summed E-state index contributed by atoms with van der Waals surface area (Å²) in [6.45, 7) is 2.11. The third kappa shape index (κ3) is 3.65. The number of aromatic nitrogens is 2. The Bertz CT molecular complexity index is 828. The number of hydrogen-bond donors (Lipinski definition) is 0. The van der Waals surface area contributed by atoms with E-state index < -0.39 is 0 Å². The number of aldehydes is 1. The Hall–Kier alpha value is -2.47. The minimum absolute atomic E-state index is 0.0985. The molecular formula is C17H13BrN2O3. The fraction of sp³-hybridized carbons (Fsp3) is 0.118. The van der Waals surface area contributed by atoms with Crippen molar-refractivity contribution < 1.29 is 14.1 Å². The smallest absolute Gasteiger partial charge is 0.264 e. The molecule has 0 N–H and O–H groups in total. The van der Waals surface area contributed by atoms with Gasteiger partial charge in [-0.05, 0) is 25.1 Å². The second kappa shape index (κ2) is 6.75. The standard InChI is InChI=1S/C17H13BrN2O3/c1-11-2-4-12(5-3-11)17-19-16(23-20-17)10-22-15-7-6-14(18)8-13(15)9-21/h2-9H,10H2,1H3. The zero-order valence-corrected chi connectivity index (χ0v) is 13.9. The van der Waals surface area contributed by atoms with Gasteiger partial charge in [-0.3, -0.25) is 4.79 Å². The van der Waals surface area contributed by atoms with Crippen LogP contribution in [0.15, 0.2) is 51.5 Å². The van der Waals surface area contributed by atoms with E-state index in [1.165, 1.54) is 0 Å². The summed E-state index contributed by atoms with van der Waals surface area (Å²) in [7, 11) is 0. The lowest BCUT2D eigenvalue weighted by Crippen LogP contribution is -1.98. The molecule has 0 aliphatic heterocycles. The van der Waals surface area contributed by atoms with Gasteiger partial charge in [-0.1, -0.05) is 50.9 Å². The molecule has 0 fully saturated rings. The van der Waals surface area contributed by atoms with Crippen molar-refractivity contribution in [2.24, 2.45) is 0 Å². The molecule has 1 aromatic heterocycles. The number of benzene rings is 2. The quantitative estimate of drug-likeness (QED) is 0.628. The summed E-state index contributed by atoms with van der Waals surface area (Å²) in [6, 6.07) is 13.0. The number of halogens is 1. The number of carbonyl (C=O) groups excluding carboxylic acids is 1. The van der Waals surface area contributed by atoms with Crippen molar-refractivity contribution in [1.82, 2.24) is 10.1 Å². The largest absolute Gasteiger partial charge is 0.483 e. The molecule has 2 aromatic carbocycles. The van der Waals surface area contributed by atoms with E-state index >= 15 is 0 Å². The lowest BCUT2D eigenvalue weighted by Gasteiger charge is -2.05. The third-order valence-electron chi connectivity index (χ3n) is 3.23.